The quantitative estimate of drug-likeness (QED) is 0.830. The number of amides is 2. The minimum absolute atomic E-state index is 0.0539. The van der Waals surface area contributed by atoms with Gasteiger partial charge in [-0.1, -0.05) is 12.8 Å². The molecule has 3 aliphatic rings. The van der Waals surface area contributed by atoms with Gasteiger partial charge in [0.1, 0.15) is 0 Å². The molecule has 2 amide bonds. The van der Waals surface area contributed by atoms with E-state index in [0.29, 0.717) is 12.6 Å². The predicted molar refractivity (Wildman–Crippen MR) is 91.5 cm³/mol. The summed E-state index contributed by atoms with van der Waals surface area (Å²) in [5.41, 5.74) is 0. The molecule has 0 bridgehead atoms. The van der Waals surface area contributed by atoms with E-state index in [1.54, 1.807) is 7.05 Å². The van der Waals surface area contributed by atoms with Crippen LogP contribution in [0.3, 0.4) is 0 Å². The summed E-state index contributed by atoms with van der Waals surface area (Å²) in [5.74, 6) is 0.379. The number of carbonyl (C=O) groups is 2. The van der Waals surface area contributed by atoms with Crippen LogP contribution in [0.5, 0.6) is 0 Å². The van der Waals surface area contributed by atoms with Gasteiger partial charge in [-0.05, 0) is 25.7 Å². The minimum atomic E-state index is -0.134. The van der Waals surface area contributed by atoms with E-state index in [9.17, 15) is 9.59 Å². The highest BCUT2D eigenvalue weighted by molar-refractivity contribution is 5.82. The lowest BCUT2D eigenvalue weighted by atomic mass is 10.0. The Morgan fingerprint density at radius 3 is 2.33 bits per heavy atom. The fraction of sp³-hybridized carbons (Fsp3) is 0.889. The topological polar surface area (TPSA) is 61.9 Å². The number of rotatable bonds is 3. The van der Waals surface area contributed by atoms with E-state index >= 15 is 0 Å². The third-order valence-electron chi connectivity index (χ3n) is 5.89. The van der Waals surface area contributed by atoms with Gasteiger partial charge in [-0.3, -0.25) is 14.5 Å². The van der Waals surface area contributed by atoms with Crippen LogP contribution in [0.15, 0.2) is 0 Å². The van der Waals surface area contributed by atoms with Gasteiger partial charge in [0.15, 0.2) is 0 Å². The molecular weight excluding hydrogens is 306 g/mol. The van der Waals surface area contributed by atoms with E-state index in [2.05, 4.69) is 10.2 Å². The molecule has 1 aliphatic carbocycles. The molecule has 1 saturated carbocycles. The zero-order valence-corrected chi connectivity index (χ0v) is 14.8. The van der Waals surface area contributed by atoms with E-state index in [-0.39, 0.29) is 23.7 Å². The molecule has 0 aromatic heterocycles. The number of nitrogens with zero attached hydrogens (tertiary/aromatic N) is 2. The van der Waals surface area contributed by atoms with Crippen LogP contribution in [-0.4, -0.2) is 74.1 Å². The molecule has 0 radical (unpaired) electrons. The van der Waals surface area contributed by atoms with Crippen molar-refractivity contribution in [2.24, 2.45) is 11.8 Å². The average molecular weight is 337 g/mol. The van der Waals surface area contributed by atoms with Crippen molar-refractivity contribution in [1.29, 1.82) is 0 Å². The summed E-state index contributed by atoms with van der Waals surface area (Å²) in [6.07, 6.45) is 6.41. The van der Waals surface area contributed by atoms with E-state index in [1.807, 2.05) is 4.90 Å². The van der Waals surface area contributed by atoms with Crippen LogP contribution in [-0.2, 0) is 14.3 Å². The average Bonchev–Trinajstić information content (AvgIpc) is 3.07. The summed E-state index contributed by atoms with van der Waals surface area (Å²) in [6, 6.07) is 0.479. The van der Waals surface area contributed by atoms with Gasteiger partial charge in [-0.2, -0.15) is 0 Å². The monoisotopic (exact) mass is 337 g/mol. The van der Waals surface area contributed by atoms with Gasteiger partial charge in [-0.25, -0.2) is 0 Å². The Labute approximate surface area is 144 Å². The lowest BCUT2D eigenvalue weighted by Gasteiger charge is -2.34. The maximum atomic E-state index is 12.8. The molecule has 24 heavy (non-hydrogen) atoms. The van der Waals surface area contributed by atoms with Crippen molar-refractivity contribution >= 4 is 11.8 Å². The maximum absolute atomic E-state index is 12.8. The Morgan fingerprint density at radius 1 is 0.958 bits per heavy atom. The highest BCUT2D eigenvalue weighted by Crippen LogP contribution is 2.28. The molecule has 6 nitrogen and oxygen atoms in total. The second-order valence-corrected chi connectivity index (χ2v) is 7.42. The fourth-order valence-corrected chi connectivity index (χ4v) is 4.42. The molecule has 0 aromatic carbocycles. The number of hydrogen-bond acceptors (Lipinski definition) is 4. The Balaban J connectivity index is 1.69. The van der Waals surface area contributed by atoms with Crippen molar-refractivity contribution in [2.45, 2.75) is 44.6 Å². The molecule has 1 atom stereocenters. The van der Waals surface area contributed by atoms with E-state index in [4.69, 9.17) is 4.74 Å². The van der Waals surface area contributed by atoms with Crippen LogP contribution < -0.4 is 5.32 Å². The molecule has 3 fully saturated rings. The van der Waals surface area contributed by atoms with Gasteiger partial charge in [-0.15, -0.1) is 0 Å². The largest absolute Gasteiger partial charge is 0.381 e. The fourth-order valence-electron chi connectivity index (χ4n) is 4.42. The smallest absolute Gasteiger partial charge is 0.225 e. The van der Waals surface area contributed by atoms with Crippen molar-refractivity contribution in [3.63, 3.8) is 0 Å². The van der Waals surface area contributed by atoms with Gasteiger partial charge in [0, 0.05) is 58.4 Å². The summed E-state index contributed by atoms with van der Waals surface area (Å²) in [5, 5.41) is 2.79. The minimum Gasteiger partial charge on any atom is -0.381 e. The van der Waals surface area contributed by atoms with Crippen LogP contribution in [0.1, 0.15) is 38.5 Å². The van der Waals surface area contributed by atoms with Crippen LogP contribution in [0.25, 0.3) is 0 Å². The summed E-state index contributed by atoms with van der Waals surface area (Å²) in [6.45, 7) is 4.54. The lowest BCUT2D eigenvalue weighted by Crippen LogP contribution is -2.45. The van der Waals surface area contributed by atoms with Crippen molar-refractivity contribution in [2.75, 3.05) is 46.4 Å². The lowest BCUT2D eigenvalue weighted by molar-refractivity contribution is -0.136. The van der Waals surface area contributed by atoms with Gasteiger partial charge in [0.05, 0.1) is 5.92 Å². The highest BCUT2D eigenvalue weighted by Gasteiger charge is 2.35. The maximum Gasteiger partial charge on any atom is 0.225 e. The van der Waals surface area contributed by atoms with Crippen molar-refractivity contribution < 1.29 is 14.3 Å². The molecule has 2 heterocycles. The van der Waals surface area contributed by atoms with E-state index in [1.165, 1.54) is 0 Å². The van der Waals surface area contributed by atoms with Gasteiger partial charge < -0.3 is 15.0 Å². The molecule has 136 valence electrons. The van der Waals surface area contributed by atoms with Crippen LogP contribution >= 0.6 is 0 Å². The molecule has 0 aromatic rings. The third kappa shape index (κ3) is 4.09. The van der Waals surface area contributed by atoms with Crippen LogP contribution in [0, 0.1) is 11.8 Å². The SMILES string of the molecule is CNC(=O)C1CN(C(=O)C2CCCC2)CCN(C2CCOCC2)C1. The van der Waals surface area contributed by atoms with Crippen LogP contribution in [0.4, 0.5) is 0 Å². The molecule has 1 N–H and O–H groups in total. The van der Waals surface area contributed by atoms with Gasteiger partial charge in [0.25, 0.3) is 0 Å². The van der Waals surface area contributed by atoms with E-state index in [0.717, 1.165) is 71.4 Å². The predicted octanol–water partition coefficient (Wildman–Crippen LogP) is 0.862. The second-order valence-electron chi connectivity index (χ2n) is 7.42. The summed E-state index contributed by atoms with van der Waals surface area (Å²) < 4.78 is 5.47. The molecular formula is C18H31N3O3. The summed E-state index contributed by atoms with van der Waals surface area (Å²) in [7, 11) is 1.69. The second kappa shape index (κ2) is 8.30. The first-order chi connectivity index (χ1) is 11.7. The van der Waals surface area contributed by atoms with Crippen LogP contribution in [0.2, 0.25) is 0 Å². The molecule has 2 saturated heterocycles. The summed E-state index contributed by atoms with van der Waals surface area (Å²) in [4.78, 5) is 29.6. The van der Waals surface area contributed by atoms with Crippen molar-refractivity contribution in [3.8, 4) is 0 Å². The molecule has 0 spiro atoms. The van der Waals surface area contributed by atoms with E-state index < -0.39 is 0 Å². The zero-order chi connectivity index (χ0) is 16.9. The number of carbonyl (C=O) groups excluding carboxylic acids is 2. The summed E-state index contributed by atoms with van der Waals surface area (Å²) >= 11 is 0. The van der Waals surface area contributed by atoms with Crippen molar-refractivity contribution in [3.05, 3.63) is 0 Å². The standard InChI is InChI=1S/C18H31N3O3/c1-19-17(22)15-12-20(16-6-10-24-11-7-16)8-9-21(13-15)18(23)14-4-2-3-5-14/h14-16H,2-13H2,1H3,(H,19,22). The third-order valence-corrected chi connectivity index (χ3v) is 5.89. The molecule has 3 rings (SSSR count). The first kappa shape index (κ1) is 17.7. The normalized spacial score (nSPS) is 27.9. The van der Waals surface area contributed by atoms with Crippen molar-refractivity contribution in [1.82, 2.24) is 15.1 Å². The Morgan fingerprint density at radius 2 is 1.67 bits per heavy atom. The van der Waals surface area contributed by atoms with Gasteiger partial charge in [0.2, 0.25) is 11.8 Å². The number of ether oxygens (including phenoxy) is 1. The Kier molecular flexibility index (Phi) is 6.11. The molecule has 2 aliphatic heterocycles. The molecule has 1 unspecified atom stereocenters. The van der Waals surface area contributed by atoms with Gasteiger partial charge >= 0.3 is 0 Å². The number of nitrogens with one attached hydrogen (secondary N) is 1. The Hall–Kier alpha value is -1.14. The Bertz CT molecular complexity index is 445. The number of hydrogen-bond donors (Lipinski definition) is 1. The zero-order valence-electron chi connectivity index (χ0n) is 14.8. The highest BCUT2D eigenvalue weighted by atomic mass is 16.5. The first-order valence-electron chi connectivity index (χ1n) is 9.51. The first-order valence-corrected chi connectivity index (χ1v) is 9.51. The molecule has 6 heteroatoms.